The van der Waals surface area contributed by atoms with Crippen LogP contribution in [-0.2, 0) is 35.8 Å². The largest absolute Gasteiger partial charge is 0.481 e. The van der Waals surface area contributed by atoms with Gasteiger partial charge in [0.25, 0.3) is 0 Å². The number of aliphatic carboxylic acids is 5. The van der Waals surface area contributed by atoms with Gasteiger partial charge < -0.3 is 25.5 Å². The Labute approximate surface area is 665 Å². The lowest BCUT2D eigenvalue weighted by molar-refractivity contribution is -0.164. The van der Waals surface area contributed by atoms with Crippen LogP contribution in [0, 0.1) is 114 Å². The molecule has 5 N–H and O–H groups in total. The van der Waals surface area contributed by atoms with Gasteiger partial charge in [0.05, 0.1) is 27.1 Å². The molecule has 14 aliphatic rings. The molecule has 7 saturated carbocycles. The lowest BCUT2D eigenvalue weighted by Crippen LogP contribution is -2.53. The number of carboxylic acid groups (broad SMARTS) is 5. The fourth-order valence-corrected chi connectivity index (χ4v) is 27.8. The van der Waals surface area contributed by atoms with E-state index in [0.29, 0.717) is 59.2 Å². The predicted molar refractivity (Wildman–Crippen MR) is 448 cm³/mol. The molecule has 0 amide bonds. The molecular formula is C100H148O10. The Morgan fingerprint density at radius 2 is 0.827 bits per heavy atom. The van der Waals surface area contributed by atoms with Crippen molar-refractivity contribution < 1.29 is 49.5 Å². The summed E-state index contributed by atoms with van der Waals surface area (Å²) < 4.78 is 0. The summed E-state index contributed by atoms with van der Waals surface area (Å²) in [4.78, 5) is 59.7. The summed E-state index contributed by atoms with van der Waals surface area (Å²) >= 11 is 0. The van der Waals surface area contributed by atoms with Gasteiger partial charge in [-0.3, -0.25) is 24.0 Å². The minimum Gasteiger partial charge on any atom is -0.481 e. The van der Waals surface area contributed by atoms with Gasteiger partial charge in [-0.2, -0.15) is 0 Å². The summed E-state index contributed by atoms with van der Waals surface area (Å²) in [6, 6.07) is 6.92. The van der Waals surface area contributed by atoms with E-state index in [1.54, 1.807) is 33.4 Å². The number of aryl methyl sites for hydroxylation is 1. The highest BCUT2D eigenvalue weighted by Gasteiger charge is 2.62. The molecule has 15 rings (SSSR count). The van der Waals surface area contributed by atoms with Crippen molar-refractivity contribution in [2.75, 3.05) is 0 Å². The zero-order valence-corrected chi connectivity index (χ0v) is 72.3. The van der Waals surface area contributed by atoms with Crippen LogP contribution in [-0.4, -0.2) is 55.4 Å². The van der Waals surface area contributed by atoms with Crippen LogP contribution >= 0.6 is 0 Å². The molecule has 18 atom stereocenters. The van der Waals surface area contributed by atoms with Gasteiger partial charge in [-0.05, 0) is 352 Å². The average Bonchev–Trinajstić information content (AvgIpc) is 0.751. The zero-order chi connectivity index (χ0) is 80.6. The van der Waals surface area contributed by atoms with Crippen molar-refractivity contribution in [3.8, 4) is 0 Å². The average molecular weight is 1510 g/mol. The van der Waals surface area contributed by atoms with Crippen molar-refractivity contribution in [3.63, 3.8) is 0 Å². The van der Waals surface area contributed by atoms with Crippen LogP contribution < -0.4 is 0 Å². The van der Waals surface area contributed by atoms with Gasteiger partial charge in [0, 0.05) is 0 Å². The van der Waals surface area contributed by atoms with Crippen LogP contribution in [0.25, 0.3) is 0 Å². The Hall–Kier alpha value is -5.51. The van der Waals surface area contributed by atoms with Gasteiger partial charge in [0.15, 0.2) is 0 Å². The highest BCUT2D eigenvalue weighted by atomic mass is 16.4. The Kier molecular flexibility index (Phi) is 24.8. The van der Waals surface area contributed by atoms with Crippen molar-refractivity contribution in [3.05, 3.63) is 127 Å². The van der Waals surface area contributed by atoms with E-state index in [-0.39, 0.29) is 38.9 Å². The third-order valence-corrected chi connectivity index (χ3v) is 34.7. The smallest absolute Gasteiger partial charge is 0.309 e. The Bertz CT molecular complexity index is 3930. The first-order chi connectivity index (χ1) is 51.4. The number of benzene rings is 1. The monoisotopic (exact) mass is 1510 g/mol. The SMILES string of the molecule is CC(C)=C1C=C2CCC3C(C)(C(=O)O)CCCC3(C)C2CC1.CC(C)C1=CC2=C(CC1)C1(C)CCCC(C)(C(=O)O)C1CC2.CC(C)C1=CC2=CCC3C(C)(C(=O)O)CCCC3(C)C2CC1.CC(C)C1=CCC2C(=C1)CCC1C(C)(C(=O)O)CCCC21C.CC(C)c1ccc2c(c1)CCC1C(C)(C(=O)O)CCCC21C. The quantitative estimate of drug-likeness (QED) is 0.159. The highest BCUT2D eigenvalue weighted by Crippen LogP contribution is 2.68. The van der Waals surface area contributed by atoms with Gasteiger partial charge in [0.2, 0.25) is 0 Å². The first-order valence-electron chi connectivity index (χ1n) is 44.4. The lowest BCUT2D eigenvalue weighted by atomic mass is 9.46. The maximum Gasteiger partial charge on any atom is 0.309 e. The third-order valence-electron chi connectivity index (χ3n) is 34.7. The Balaban J connectivity index is 0.000000136. The first-order valence-corrected chi connectivity index (χ1v) is 44.4. The first kappa shape index (κ1) is 85.4. The van der Waals surface area contributed by atoms with E-state index in [2.05, 4.69) is 159 Å². The number of carbonyl (C=O) groups is 5. The molecule has 0 aromatic heterocycles. The molecule has 608 valence electrons. The van der Waals surface area contributed by atoms with Crippen LogP contribution in [0.4, 0.5) is 0 Å². The molecular weight excluding hydrogens is 1360 g/mol. The maximum absolute atomic E-state index is 12.0. The predicted octanol–water partition coefficient (Wildman–Crippen LogP) is 26.0. The summed E-state index contributed by atoms with van der Waals surface area (Å²) in [6.45, 7) is 44.4. The minimum atomic E-state index is -0.606. The number of rotatable bonds is 9. The summed E-state index contributed by atoms with van der Waals surface area (Å²) in [7, 11) is 0. The van der Waals surface area contributed by atoms with Crippen molar-refractivity contribution in [2.24, 2.45) is 114 Å². The Morgan fingerprint density at radius 1 is 0.382 bits per heavy atom. The van der Waals surface area contributed by atoms with Crippen LogP contribution in [0.5, 0.6) is 0 Å². The molecule has 0 spiro atoms. The van der Waals surface area contributed by atoms with E-state index in [1.165, 1.54) is 96.8 Å². The number of allylic oxidation sites excluding steroid dienone is 16. The molecule has 10 nitrogen and oxygen atoms in total. The van der Waals surface area contributed by atoms with Gasteiger partial charge in [0.1, 0.15) is 0 Å². The van der Waals surface area contributed by atoms with E-state index in [4.69, 9.17) is 0 Å². The van der Waals surface area contributed by atoms with Crippen molar-refractivity contribution >= 4 is 29.8 Å². The van der Waals surface area contributed by atoms with Crippen molar-refractivity contribution in [2.45, 2.75) is 349 Å². The third kappa shape index (κ3) is 15.1. The molecule has 10 heteroatoms. The van der Waals surface area contributed by atoms with Crippen molar-refractivity contribution in [1.82, 2.24) is 0 Å². The molecule has 0 heterocycles. The summed E-state index contributed by atoms with van der Waals surface area (Å²) in [5.41, 5.74) is 17.7. The minimum absolute atomic E-state index is 0.0223. The highest BCUT2D eigenvalue weighted by molar-refractivity contribution is 5.78. The summed E-state index contributed by atoms with van der Waals surface area (Å²) in [6.07, 6.45) is 47.5. The summed E-state index contributed by atoms with van der Waals surface area (Å²) in [5.74, 6) is 2.71. The molecule has 1 aromatic rings. The van der Waals surface area contributed by atoms with E-state index in [1.807, 2.05) is 34.6 Å². The van der Waals surface area contributed by atoms with E-state index < -0.39 is 56.9 Å². The molecule has 0 bridgehead atoms. The van der Waals surface area contributed by atoms with Gasteiger partial charge in [-0.25, -0.2) is 0 Å². The molecule has 0 aliphatic heterocycles. The van der Waals surface area contributed by atoms with Crippen molar-refractivity contribution in [1.29, 1.82) is 0 Å². The maximum atomic E-state index is 12.0. The van der Waals surface area contributed by atoms with Crippen LogP contribution in [0.15, 0.2) is 110 Å². The molecule has 18 unspecified atom stereocenters. The number of hydrogen-bond donors (Lipinski definition) is 5. The topological polar surface area (TPSA) is 186 Å². The lowest BCUT2D eigenvalue weighted by Gasteiger charge is -2.58. The summed E-state index contributed by atoms with van der Waals surface area (Å²) in [5, 5.41) is 49.2. The van der Waals surface area contributed by atoms with Gasteiger partial charge in [-0.1, -0.05) is 210 Å². The fraction of sp³-hybridized carbons (Fsp3) is 0.730. The standard InChI is InChI=1S/4C20H30O2.C20H28O2/c5*1-13(2)14-6-8-16-15(12-14)7-9-17-19(16,3)10-5-11-20(17,4)18(21)22/h12,16-17H,5-11H2,1-4H3,(H,21,22);12-13,17H,5-11H2,1-4H3,(H,21,22);7,12-13,16-17H,5-6,8-11H2,1-4H3,(H,21,22);6,12-13,16-17H,5,7-11H2,1-4H3,(H,21,22);6,8,12-13,17H,5,7,9-11H2,1-4H3,(H,21,22). The molecule has 110 heavy (non-hydrogen) atoms. The number of fused-ring (bicyclic) bond motifs is 14. The normalized spacial score (nSPS) is 39.3. The van der Waals surface area contributed by atoms with Crippen LogP contribution in [0.1, 0.15) is 354 Å². The zero-order valence-electron chi connectivity index (χ0n) is 72.3. The number of carboxylic acids is 5. The molecule has 1 aromatic carbocycles. The molecule has 0 saturated heterocycles. The number of hydrogen-bond acceptors (Lipinski definition) is 5. The second-order valence-corrected chi connectivity index (χ2v) is 42.2. The molecule has 14 aliphatic carbocycles. The molecule has 7 fully saturated rings. The van der Waals surface area contributed by atoms with Gasteiger partial charge >= 0.3 is 29.8 Å². The second kappa shape index (κ2) is 31.9. The Morgan fingerprint density at radius 3 is 1.34 bits per heavy atom. The molecule has 0 radical (unpaired) electrons. The van der Waals surface area contributed by atoms with E-state index >= 15 is 0 Å². The fourth-order valence-electron chi connectivity index (χ4n) is 27.8. The van der Waals surface area contributed by atoms with E-state index in [0.717, 1.165) is 141 Å². The van der Waals surface area contributed by atoms with Crippen LogP contribution in [0.3, 0.4) is 0 Å². The van der Waals surface area contributed by atoms with Crippen LogP contribution in [0.2, 0.25) is 0 Å². The van der Waals surface area contributed by atoms with Gasteiger partial charge in [-0.15, -0.1) is 0 Å². The van der Waals surface area contributed by atoms with E-state index in [9.17, 15) is 49.5 Å². The second-order valence-electron chi connectivity index (χ2n) is 42.2.